The standard InChI is InChI=1S/C23H31N3O2/c1-19(25-13-15-26(16-14-25)22-11-7-4-8-12-22)17-24-23(27)20(2)28-18-21-9-5-3-6-10-21/h3-12,19-20H,13-18H2,1-2H3,(H,24,27)/t19-,20-/m1/s1. The molecular formula is C23H31N3O2. The largest absolute Gasteiger partial charge is 0.369 e. The molecule has 150 valence electrons. The predicted molar refractivity (Wildman–Crippen MR) is 113 cm³/mol. The molecule has 1 heterocycles. The van der Waals surface area contributed by atoms with Gasteiger partial charge < -0.3 is 15.0 Å². The van der Waals surface area contributed by atoms with Gasteiger partial charge in [-0.25, -0.2) is 0 Å². The van der Waals surface area contributed by atoms with E-state index in [4.69, 9.17) is 4.74 Å². The molecule has 5 nitrogen and oxygen atoms in total. The van der Waals surface area contributed by atoms with E-state index in [2.05, 4.69) is 52.4 Å². The number of piperazine rings is 1. The number of hydrogen-bond acceptors (Lipinski definition) is 4. The van der Waals surface area contributed by atoms with Crippen LogP contribution < -0.4 is 10.2 Å². The third-order valence-corrected chi connectivity index (χ3v) is 5.34. The zero-order valence-corrected chi connectivity index (χ0v) is 16.9. The van der Waals surface area contributed by atoms with Gasteiger partial charge in [-0.1, -0.05) is 48.5 Å². The highest BCUT2D eigenvalue weighted by atomic mass is 16.5. The van der Waals surface area contributed by atoms with Crippen LogP contribution in [0.4, 0.5) is 5.69 Å². The highest BCUT2D eigenvalue weighted by Crippen LogP contribution is 2.16. The molecule has 28 heavy (non-hydrogen) atoms. The minimum Gasteiger partial charge on any atom is -0.369 e. The van der Waals surface area contributed by atoms with Crippen LogP contribution >= 0.6 is 0 Å². The molecule has 5 heteroatoms. The highest BCUT2D eigenvalue weighted by Gasteiger charge is 2.22. The molecule has 1 saturated heterocycles. The minimum atomic E-state index is -0.456. The summed E-state index contributed by atoms with van der Waals surface area (Å²) in [5.41, 5.74) is 2.36. The van der Waals surface area contributed by atoms with Gasteiger partial charge in [-0.3, -0.25) is 9.69 Å². The number of amides is 1. The van der Waals surface area contributed by atoms with Crippen LogP contribution in [0.25, 0.3) is 0 Å². The van der Waals surface area contributed by atoms with E-state index in [-0.39, 0.29) is 5.91 Å². The molecule has 0 saturated carbocycles. The van der Waals surface area contributed by atoms with Crippen molar-refractivity contribution < 1.29 is 9.53 Å². The third kappa shape index (κ3) is 5.81. The highest BCUT2D eigenvalue weighted by molar-refractivity contribution is 5.80. The number of ether oxygens (including phenoxy) is 1. The van der Waals surface area contributed by atoms with Crippen LogP contribution in [0.15, 0.2) is 60.7 Å². The second kappa shape index (κ2) is 10.2. The summed E-state index contributed by atoms with van der Waals surface area (Å²) in [6, 6.07) is 20.8. The molecule has 1 aliphatic heterocycles. The smallest absolute Gasteiger partial charge is 0.248 e. The van der Waals surface area contributed by atoms with E-state index in [0.717, 1.165) is 31.7 Å². The lowest BCUT2D eigenvalue weighted by Gasteiger charge is -2.39. The number of anilines is 1. The van der Waals surface area contributed by atoms with Gasteiger partial charge in [0.2, 0.25) is 5.91 Å². The normalized spacial score (nSPS) is 17.1. The second-order valence-corrected chi connectivity index (χ2v) is 7.39. The molecule has 3 rings (SSSR count). The van der Waals surface area contributed by atoms with Gasteiger partial charge in [0.25, 0.3) is 0 Å². The van der Waals surface area contributed by atoms with E-state index < -0.39 is 6.10 Å². The van der Waals surface area contributed by atoms with E-state index >= 15 is 0 Å². The Kier molecular flexibility index (Phi) is 7.46. The fourth-order valence-corrected chi connectivity index (χ4v) is 3.45. The van der Waals surface area contributed by atoms with Crippen LogP contribution in [-0.2, 0) is 16.1 Å². The lowest BCUT2D eigenvalue weighted by Crippen LogP contribution is -2.53. The monoisotopic (exact) mass is 381 g/mol. The van der Waals surface area contributed by atoms with Crippen LogP contribution in [0.3, 0.4) is 0 Å². The van der Waals surface area contributed by atoms with E-state index in [0.29, 0.717) is 19.2 Å². The summed E-state index contributed by atoms with van der Waals surface area (Å²) < 4.78 is 5.70. The van der Waals surface area contributed by atoms with Crippen LogP contribution in [0.1, 0.15) is 19.4 Å². The Balaban J connectivity index is 1.36. The predicted octanol–water partition coefficient (Wildman–Crippen LogP) is 2.92. The van der Waals surface area contributed by atoms with E-state index in [9.17, 15) is 4.79 Å². The van der Waals surface area contributed by atoms with Crippen molar-refractivity contribution in [1.29, 1.82) is 0 Å². The number of hydrogen-bond donors (Lipinski definition) is 1. The molecule has 0 aliphatic carbocycles. The Labute approximate surface area is 168 Å². The van der Waals surface area contributed by atoms with Crippen molar-refractivity contribution >= 4 is 11.6 Å². The van der Waals surface area contributed by atoms with Crippen molar-refractivity contribution in [2.45, 2.75) is 32.6 Å². The summed E-state index contributed by atoms with van der Waals surface area (Å²) in [5.74, 6) is -0.0503. The molecule has 2 aromatic carbocycles. The van der Waals surface area contributed by atoms with Gasteiger partial charge in [-0.2, -0.15) is 0 Å². The number of nitrogens with one attached hydrogen (secondary N) is 1. The number of rotatable bonds is 8. The first-order chi connectivity index (χ1) is 13.6. The van der Waals surface area contributed by atoms with Crippen LogP contribution in [0, 0.1) is 0 Å². The molecule has 1 aliphatic rings. The van der Waals surface area contributed by atoms with Gasteiger partial charge >= 0.3 is 0 Å². The summed E-state index contributed by atoms with van der Waals surface area (Å²) in [7, 11) is 0. The molecule has 0 radical (unpaired) electrons. The van der Waals surface area contributed by atoms with Gasteiger partial charge in [0, 0.05) is 44.5 Å². The summed E-state index contributed by atoms with van der Waals surface area (Å²) in [6.07, 6.45) is -0.456. The lowest BCUT2D eigenvalue weighted by molar-refractivity contribution is -0.132. The minimum absolute atomic E-state index is 0.0503. The Bertz CT molecular complexity index is 715. The van der Waals surface area contributed by atoms with Gasteiger partial charge in [-0.15, -0.1) is 0 Å². The Morgan fingerprint density at radius 2 is 1.57 bits per heavy atom. The molecule has 2 atom stereocenters. The van der Waals surface area contributed by atoms with Gasteiger partial charge in [0.1, 0.15) is 6.10 Å². The first kappa shape index (κ1) is 20.4. The van der Waals surface area contributed by atoms with Crippen molar-refractivity contribution in [1.82, 2.24) is 10.2 Å². The number of carbonyl (C=O) groups excluding carboxylic acids is 1. The van der Waals surface area contributed by atoms with E-state index in [1.165, 1.54) is 5.69 Å². The van der Waals surface area contributed by atoms with Crippen molar-refractivity contribution in [3.05, 3.63) is 66.2 Å². The summed E-state index contributed by atoms with van der Waals surface area (Å²) >= 11 is 0. The zero-order chi connectivity index (χ0) is 19.8. The second-order valence-electron chi connectivity index (χ2n) is 7.39. The summed E-state index contributed by atoms with van der Waals surface area (Å²) in [5, 5.41) is 3.04. The maximum Gasteiger partial charge on any atom is 0.248 e. The molecule has 1 N–H and O–H groups in total. The molecule has 0 spiro atoms. The van der Waals surface area contributed by atoms with Crippen molar-refractivity contribution in [3.8, 4) is 0 Å². The SMILES string of the molecule is C[C@H](CNC(=O)[C@@H](C)OCc1ccccc1)N1CCN(c2ccccc2)CC1. The van der Waals surface area contributed by atoms with Crippen LogP contribution in [0.2, 0.25) is 0 Å². The zero-order valence-electron chi connectivity index (χ0n) is 16.9. The van der Waals surface area contributed by atoms with Gasteiger partial charge in [0.05, 0.1) is 6.61 Å². The Hall–Kier alpha value is -2.37. The van der Waals surface area contributed by atoms with Crippen molar-refractivity contribution in [2.24, 2.45) is 0 Å². The van der Waals surface area contributed by atoms with Crippen molar-refractivity contribution in [3.63, 3.8) is 0 Å². The average molecular weight is 382 g/mol. The number of benzene rings is 2. The molecular weight excluding hydrogens is 350 g/mol. The first-order valence-electron chi connectivity index (χ1n) is 10.1. The molecule has 0 unspecified atom stereocenters. The Morgan fingerprint density at radius 3 is 2.21 bits per heavy atom. The summed E-state index contributed by atoms with van der Waals surface area (Å²) in [6.45, 7) is 9.11. The molecule has 2 aromatic rings. The first-order valence-corrected chi connectivity index (χ1v) is 10.1. The average Bonchev–Trinajstić information content (AvgIpc) is 2.77. The fourth-order valence-electron chi connectivity index (χ4n) is 3.45. The number of nitrogens with zero attached hydrogens (tertiary/aromatic N) is 2. The maximum atomic E-state index is 12.3. The topological polar surface area (TPSA) is 44.8 Å². The van der Waals surface area contributed by atoms with Gasteiger partial charge in [0.15, 0.2) is 0 Å². The molecule has 0 aromatic heterocycles. The van der Waals surface area contributed by atoms with Crippen LogP contribution in [0.5, 0.6) is 0 Å². The number of carbonyl (C=O) groups is 1. The lowest BCUT2D eigenvalue weighted by atomic mass is 10.2. The quantitative estimate of drug-likeness (QED) is 0.764. The number of para-hydroxylation sites is 1. The van der Waals surface area contributed by atoms with E-state index in [1.54, 1.807) is 0 Å². The van der Waals surface area contributed by atoms with Crippen LogP contribution in [-0.4, -0.2) is 55.7 Å². The molecule has 1 amide bonds. The maximum absolute atomic E-state index is 12.3. The molecule has 0 bridgehead atoms. The summed E-state index contributed by atoms with van der Waals surface area (Å²) in [4.78, 5) is 17.2. The third-order valence-electron chi connectivity index (χ3n) is 5.34. The van der Waals surface area contributed by atoms with Crippen molar-refractivity contribution in [2.75, 3.05) is 37.6 Å². The molecule has 1 fully saturated rings. The fraction of sp³-hybridized carbons (Fsp3) is 0.435. The van der Waals surface area contributed by atoms with Gasteiger partial charge in [-0.05, 0) is 31.5 Å². The Morgan fingerprint density at radius 1 is 0.964 bits per heavy atom. The van der Waals surface area contributed by atoms with E-state index in [1.807, 2.05) is 37.3 Å².